The third-order valence-corrected chi connectivity index (χ3v) is 2.47. The van der Waals surface area contributed by atoms with Gasteiger partial charge in [0, 0.05) is 13.2 Å². The molecule has 66 valence electrons. The van der Waals surface area contributed by atoms with Crippen molar-refractivity contribution in [2.75, 3.05) is 27.3 Å². The number of hydrogen-bond acceptors (Lipinski definition) is 2. The van der Waals surface area contributed by atoms with E-state index in [1.807, 2.05) is 7.05 Å². The van der Waals surface area contributed by atoms with Gasteiger partial charge in [-0.3, -0.25) is 4.90 Å². The topological polar surface area (TPSA) is 15.3 Å². The predicted octanol–water partition coefficient (Wildman–Crippen LogP) is 1.29. The van der Waals surface area contributed by atoms with Crippen LogP contribution >= 0.6 is 0 Å². The van der Waals surface area contributed by atoms with Crippen molar-refractivity contribution in [2.45, 2.75) is 25.7 Å². The molecule has 0 spiro atoms. The number of nitrogens with zero attached hydrogens (tertiary/aromatic N) is 1. The molecule has 0 aliphatic heterocycles. The van der Waals surface area contributed by atoms with Crippen molar-refractivity contribution in [1.29, 1.82) is 0 Å². The number of rotatable bonds is 4. The van der Waals surface area contributed by atoms with Gasteiger partial charge in [0.25, 0.3) is 0 Å². The molecule has 0 aromatic carbocycles. The second-order valence-corrected chi connectivity index (χ2v) is 3.70. The normalized spacial score (nSPS) is 19.9. The lowest BCUT2D eigenvalue weighted by molar-refractivity contribution is 0.266. The fraction of sp³-hybridized carbons (Fsp3) is 1.00. The quantitative estimate of drug-likeness (QED) is 0.617. The van der Waals surface area contributed by atoms with Gasteiger partial charge in [-0.05, 0) is 32.9 Å². The summed E-state index contributed by atoms with van der Waals surface area (Å²) >= 11 is 0. The molecule has 11 heavy (non-hydrogen) atoms. The van der Waals surface area contributed by atoms with Gasteiger partial charge < -0.3 is 5.32 Å². The van der Waals surface area contributed by atoms with Gasteiger partial charge in [-0.2, -0.15) is 0 Å². The first kappa shape index (κ1) is 9.01. The maximum Gasteiger partial charge on any atom is 0.0475 e. The highest BCUT2D eigenvalue weighted by molar-refractivity contribution is 4.69. The Morgan fingerprint density at radius 1 is 1.36 bits per heavy atom. The number of nitrogens with one attached hydrogen (secondary N) is 1. The van der Waals surface area contributed by atoms with E-state index < -0.39 is 0 Å². The molecule has 0 atom stereocenters. The molecule has 0 saturated heterocycles. The maximum atomic E-state index is 3.17. The molecule has 0 bridgehead atoms. The first-order valence-electron chi connectivity index (χ1n) is 4.66. The van der Waals surface area contributed by atoms with Crippen molar-refractivity contribution in [3.63, 3.8) is 0 Å². The second-order valence-electron chi connectivity index (χ2n) is 3.70. The molecule has 1 aliphatic carbocycles. The zero-order chi connectivity index (χ0) is 8.10. The van der Waals surface area contributed by atoms with Crippen LogP contribution in [0.1, 0.15) is 25.7 Å². The predicted molar refractivity (Wildman–Crippen MR) is 48.5 cm³/mol. The first-order chi connectivity index (χ1) is 5.33. The van der Waals surface area contributed by atoms with Crippen molar-refractivity contribution in [3.05, 3.63) is 0 Å². The lowest BCUT2D eigenvalue weighted by Crippen LogP contribution is -2.32. The monoisotopic (exact) mass is 156 g/mol. The molecule has 1 saturated carbocycles. The van der Waals surface area contributed by atoms with Crippen LogP contribution in [0.25, 0.3) is 0 Å². The van der Waals surface area contributed by atoms with Gasteiger partial charge in [-0.15, -0.1) is 0 Å². The van der Waals surface area contributed by atoms with E-state index in [2.05, 4.69) is 17.3 Å². The van der Waals surface area contributed by atoms with E-state index in [4.69, 9.17) is 0 Å². The Morgan fingerprint density at radius 3 is 2.55 bits per heavy atom. The lowest BCUT2D eigenvalue weighted by Gasteiger charge is -2.19. The van der Waals surface area contributed by atoms with Gasteiger partial charge in [0.1, 0.15) is 0 Å². The molecule has 1 aliphatic rings. The third kappa shape index (κ3) is 3.21. The van der Waals surface area contributed by atoms with E-state index in [0.29, 0.717) is 0 Å². The fourth-order valence-electron chi connectivity index (χ4n) is 1.97. The summed E-state index contributed by atoms with van der Waals surface area (Å²) in [5.41, 5.74) is 0. The minimum Gasteiger partial charge on any atom is -0.307 e. The summed E-state index contributed by atoms with van der Waals surface area (Å²) in [6, 6.07) is 0. The SMILES string of the molecule is CNCN(C)CC1CCCC1. The molecule has 2 nitrogen and oxygen atoms in total. The molecule has 0 unspecified atom stereocenters. The molecule has 2 heteroatoms. The largest absolute Gasteiger partial charge is 0.307 e. The van der Waals surface area contributed by atoms with Crippen molar-refractivity contribution in [2.24, 2.45) is 5.92 Å². The van der Waals surface area contributed by atoms with E-state index in [9.17, 15) is 0 Å². The molecule has 1 N–H and O–H groups in total. The molecular weight excluding hydrogens is 136 g/mol. The zero-order valence-corrected chi connectivity index (χ0v) is 7.77. The molecule has 1 fully saturated rings. The van der Waals surface area contributed by atoms with Gasteiger partial charge in [-0.25, -0.2) is 0 Å². The van der Waals surface area contributed by atoms with Crippen LogP contribution in [0.5, 0.6) is 0 Å². The summed E-state index contributed by atoms with van der Waals surface area (Å²) in [5.74, 6) is 0.980. The smallest absolute Gasteiger partial charge is 0.0475 e. The fourth-order valence-corrected chi connectivity index (χ4v) is 1.97. The van der Waals surface area contributed by atoms with Crippen LogP contribution in [0.4, 0.5) is 0 Å². The average molecular weight is 156 g/mol. The molecule has 0 aromatic heterocycles. The van der Waals surface area contributed by atoms with E-state index in [1.54, 1.807) is 0 Å². The first-order valence-corrected chi connectivity index (χ1v) is 4.66. The maximum absolute atomic E-state index is 3.17. The Labute approximate surface area is 70.0 Å². The Hall–Kier alpha value is -0.0800. The van der Waals surface area contributed by atoms with Gasteiger partial charge in [0.05, 0.1) is 0 Å². The van der Waals surface area contributed by atoms with Gasteiger partial charge >= 0.3 is 0 Å². The van der Waals surface area contributed by atoms with Crippen molar-refractivity contribution in [1.82, 2.24) is 10.2 Å². The average Bonchev–Trinajstić information content (AvgIpc) is 2.40. The van der Waals surface area contributed by atoms with Crippen LogP contribution in [0, 0.1) is 5.92 Å². The summed E-state index contributed by atoms with van der Waals surface area (Å²) in [5, 5.41) is 3.17. The zero-order valence-electron chi connectivity index (χ0n) is 7.77. The summed E-state index contributed by atoms with van der Waals surface area (Å²) in [6.07, 6.45) is 5.82. The molecule has 0 aromatic rings. The van der Waals surface area contributed by atoms with Crippen molar-refractivity contribution in [3.8, 4) is 0 Å². The summed E-state index contributed by atoms with van der Waals surface area (Å²) in [6.45, 7) is 2.30. The van der Waals surface area contributed by atoms with E-state index >= 15 is 0 Å². The Bertz CT molecular complexity index is 97.7. The summed E-state index contributed by atoms with van der Waals surface area (Å²) < 4.78 is 0. The highest BCUT2D eigenvalue weighted by Gasteiger charge is 2.15. The van der Waals surface area contributed by atoms with Crippen LogP contribution in [0.2, 0.25) is 0 Å². The van der Waals surface area contributed by atoms with Crippen LogP contribution in [0.15, 0.2) is 0 Å². The highest BCUT2D eigenvalue weighted by atomic mass is 15.2. The minimum absolute atomic E-state index is 0.980. The van der Waals surface area contributed by atoms with E-state index in [1.165, 1.54) is 32.2 Å². The van der Waals surface area contributed by atoms with Crippen LogP contribution < -0.4 is 5.32 Å². The van der Waals surface area contributed by atoms with E-state index in [0.717, 1.165) is 12.6 Å². The molecule has 0 radical (unpaired) electrons. The second kappa shape index (κ2) is 4.73. The standard InChI is InChI=1S/C9H20N2/c1-10-8-11(2)7-9-5-3-4-6-9/h9-10H,3-8H2,1-2H3. The van der Waals surface area contributed by atoms with Crippen LogP contribution in [0.3, 0.4) is 0 Å². The molecular formula is C9H20N2. The van der Waals surface area contributed by atoms with Crippen molar-refractivity contribution >= 4 is 0 Å². The van der Waals surface area contributed by atoms with Crippen molar-refractivity contribution < 1.29 is 0 Å². The molecule has 1 rings (SSSR count). The third-order valence-electron chi connectivity index (χ3n) is 2.47. The van der Waals surface area contributed by atoms with Gasteiger partial charge in [0.15, 0.2) is 0 Å². The Balaban J connectivity index is 2.08. The van der Waals surface area contributed by atoms with Crippen LogP contribution in [-0.2, 0) is 0 Å². The summed E-state index contributed by atoms with van der Waals surface area (Å²) in [4.78, 5) is 2.37. The summed E-state index contributed by atoms with van der Waals surface area (Å²) in [7, 11) is 4.19. The number of hydrogen-bond donors (Lipinski definition) is 1. The molecule has 0 heterocycles. The van der Waals surface area contributed by atoms with Gasteiger partial charge in [0.2, 0.25) is 0 Å². The highest BCUT2D eigenvalue weighted by Crippen LogP contribution is 2.24. The Kier molecular flexibility index (Phi) is 3.87. The molecule has 0 amide bonds. The van der Waals surface area contributed by atoms with E-state index in [-0.39, 0.29) is 0 Å². The lowest BCUT2D eigenvalue weighted by atomic mass is 10.1. The Morgan fingerprint density at radius 2 is 2.00 bits per heavy atom. The van der Waals surface area contributed by atoms with Crippen LogP contribution in [-0.4, -0.2) is 32.2 Å². The van der Waals surface area contributed by atoms with Gasteiger partial charge in [-0.1, -0.05) is 12.8 Å². The minimum atomic E-state index is 0.980.